The van der Waals surface area contributed by atoms with Crippen molar-refractivity contribution in [3.63, 3.8) is 0 Å². The van der Waals surface area contributed by atoms with Crippen molar-refractivity contribution in [3.05, 3.63) is 45.9 Å². The Hall–Kier alpha value is -1.05. The van der Waals surface area contributed by atoms with Crippen LogP contribution in [-0.2, 0) is 6.18 Å². The monoisotopic (exact) mass is 318 g/mol. The molecule has 1 atom stereocenters. The quantitative estimate of drug-likeness (QED) is 0.856. The number of rotatable bonds is 4. The molecular formula is C13H13F3N2S2. The molecule has 2 aromatic rings. The Bertz CT molecular complexity index is 564. The van der Waals surface area contributed by atoms with Gasteiger partial charge in [0.15, 0.2) is 5.01 Å². The first kappa shape index (κ1) is 15.3. The maximum absolute atomic E-state index is 12.5. The standard InChI is InChI=1S/C13H13F3N2S2/c1-8-2-4-9(5-3-8)19-7-10(17)11-6-18-12(20-11)13(14,15)16/h2-6,10H,7,17H2,1H3. The van der Waals surface area contributed by atoms with Gasteiger partial charge in [-0.15, -0.1) is 23.1 Å². The Morgan fingerprint density at radius 1 is 1.30 bits per heavy atom. The molecule has 0 amide bonds. The Morgan fingerprint density at radius 3 is 2.50 bits per heavy atom. The van der Waals surface area contributed by atoms with Gasteiger partial charge in [0.1, 0.15) is 0 Å². The van der Waals surface area contributed by atoms with Crippen LogP contribution in [0.3, 0.4) is 0 Å². The first-order chi connectivity index (χ1) is 9.36. The van der Waals surface area contributed by atoms with E-state index in [1.807, 2.05) is 31.2 Å². The minimum atomic E-state index is -4.40. The van der Waals surface area contributed by atoms with E-state index in [9.17, 15) is 13.2 Å². The van der Waals surface area contributed by atoms with Gasteiger partial charge in [-0.1, -0.05) is 17.7 Å². The summed E-state index contributed by atoms with van der Waals surface area (Å²) >= 11 is 2.13. The van der Waals surface area contributed by atoms with Crippen LogP contribution in [0.25, 0.3) is 0 Å². The molecule has 0 saturated heterocycles. The molecule has 2 nitrogen and oxygen atoms in total. The van der Waals surface area contributed by atoms with E-state index in [4.69, 9.17) is 5.73 Å². The number of halogens is 3. The molecule has 1 heterocycles. The highest BCUT2D eigenvalue weighted by Gasteiger charge is 2.35. The average Bonchev–Trinajstić information content (AvgIpc) is 2.87. The summed E-state index contributed by atoms with van der Waals surface area (Å²) in [7, 11) is 0. The summed E-state index contributed by atoms with van der Waals surface area (Å²) in [5, 5.41) is -0.844. The normalized spacial score (nSPS) is 13.4. The summed E-state index contributed by atoms with van der Waals surface area (Å²) < 4.78 is 37.4. The van der Waals surface area contributed by atoms with E-state index in [-0.39, 0.29) is 0 Å². The molecule has 0 aliphatic heterocycles. The smallest absolute Gasteiger partial charge is 0.323 e. The SMILES string of the molecule is Cc1ccc(SCC(N)c2cnc(C(F)(F)F)s2)cc1. The summed E-state index contributed by atoms with van der Waals surface area (Å²) in [5.41, 5.74) is 7.07. The van der Waals surface area contributed by atoms with Crippen molar-refractivity contribution in [2.24, 2.45) is 5.73 Å². The van der Waals surface area contributed by atoms with Crippen molar-refractivity contribution in [1.82, 2.24) is 4.98 Å². The van der Waals surface area contributed by atoms with Crippen LogP contribution in [0.4, 0.5) is 13.2 Å². The molecule has 1 aromatic carbocycles. The van der Waals surface area contributed by atoms with Crippen LogP contribution in [0, 0.1) is 6.92 Å². The largest absolute Gasteiger partial charge is 0.443 e. The number of aryl methyl sites for hydroxylation is 1. The zero-order chi connectivity index (χ0) is 14.8. The molecule has 0 radical (unpaired) electrons. The lowest BCUT2D eigenvalue weighted by Gasteiger charge is -2.08. The summed E-state index contributed by atoms with van der Waals surface area (Å²) in [5.74, 6) is 0.516. The van der Waals surface area contributed by atoms with Crippen molar-refractivity contribution in [3.8, 4) is 0 Å². The highest BCUT2D eigenvalue weighted by Crippen LogP contribution is 2.35. The molecule has 0 saturated carbocycles. The van der Waals surface area contributed by atoms with E-state index in [0.717, 1.165) is 10.5 Å². The number of thioether (sulfide) groups is 1. The van der Waals surface area contributed by atoms with E-state index < -0.39 is 17.2 Å². The van der Waals surface area contributed by atoms with Crippen LogP contribution in [0.1, 0.15) is 21.5 Å². The van der Waals surface area contributed by atoms with Crippen molar-refractivity contribution in [2.75, 3.05) is 5.75 Å². The van der Waals surface area contributed by atoms with Crippen LogP contribution < -0.4 is 5.73 Å². The number of benzene rings is 1. The van der Waals surface area contributed by atoms with Gasteiger partial charge in [-0.3, -0.25) is 0 Å². The maximum Gasteiger partial charge on any atom is 0.443 e. The van der Waals surface area contributed by atoms with Gasteiger partial charge in [0.25, 0.3) is 0 Å². The number of hydrogen-bond donors (Lipinski definition) is 1. The summed E-state index contributed by atoms with van der Waals surface area (Å²) in [4.78, 5) is 4.88. The number of nitrogens with two attached hydrogens (primary N) is 1. The minimum Gasteiger partial charge on any atom is -0.323 e. The number of alkyl halides is 3. The molecule has 0 spiro atoms. The molecule has 20 heavy (non-hydrogen) atoms. The van der Waals surface area contributed by atoms with E-state index in [1.165, 1.54) is 18.0 Å². The van der Waals surface area contributed by atoms with Gasteiger partial charge < -0.3 is 5.73 Å². The molecule has 7 heteroatoms. The van der Waals surface area contributed by atoms with Gasteiger partial charge in [0.05, 0.1) is 6.04 Å². The lowest BCUT2D eigenvalue weighted by Crippen LogP contribution is -2.11. The fourth-order valence-electron chi connectivity index (χ4n) is 1.49. The fraction of sp³-hybridized carbons (Fsp3) is 0.308. The Labute approximate surface area is 123 Å². The number of hydrogen-bond acceptors (Lipinski definition) is 4. The molecule has 0 fully saturated rings. The highest BCUT2D eigenvalue weighted by molar-refractivity contribution is 7.99. The molecule has 0 aliphatic rings. The lowest BCUT2D eigenvalue weighted by molar-refractivity contribution is -0.137. The van der Waals surface area contributed by atoms with E-state index in [0.29, 0.717) is 22.0 Å². The third-order valence-corrected chi connectivity index (χ3v) is 4.89. The van der Waals surface area contributed by atoms with Gasteiger partial charge in [-0.05, 0) is 19.1 Å². The highest BCUT2D eigenvalue weighted by atomic mass is 32.2. The molecular weight excluding hydrogens is 305 g/mol. The Morgan fingerprint density at radius 2 is 1.95 bits per heavy atom. The number of nitrogens with zero attached hydrogens (tertiary/aromatic N) is 1. The van der Waals surface area contributed by atoms with E-state index >= 15 is 0 Å². The van der Waals surface area contributed by atoms with Crippen LogP contribution in [0.5, 0.6) is 0 Å². The van der Waals surface area contributed by atoms with E-state index in [2.05, 4.69) is 4.98 Å². The van der Waals surface area contributed by atoms with Gasteiger partial charge >= 0.3 is 6.18 Å². The van der Waals surface area contributed by atoms with Gasteiger partial charge in [-0.2, -0.15) is 13.2 Å². The van der Waals surface area contributed by atoms with Gasteiger partial charge in [-0.25, -0.2) is 4.98 Å². The fourth-order valence-corrected chi connectivity index (χ4v) is 3.26. The maximum atomic E-state index is 12.5. The van der Waals surface area contributed by atoms with Crippen LogP contribution in [-0.4, -0.2) is 10.7 Å². The third-order valence-electron chi connectivity index (χ3n) is 2.58. The third kappa shape index (κ3) is 3.97. The number of aromatic nitrogens is 1. The van der Waals surface area contributed by atoms with Crippen LogP contribution in [0.2, 0.25) is 0 Å². The van der Waals surface area contributed by atoms with Crippen LogP contribution >= 0.6 is 23.1 Å². The molecule has 0 bridgehead atoms. The van der Waals surface area contributed by atoms with Crippen molar-refractivity contribution in [2.45, 2.75) is 24.0 Å². The van der Waals surface area contributed by atoms with E-state index in [1.54, 1.807) is 0 Å². The van der Waals surface area contributed by atoms with Crippen molar-refractivity contribution < 1.29 is 13.2 Å². The zero-order valence-corrected chi connectivity index (χ0v) is 12.3. The Kier molecular flexibility index (Phi) is 4.72. The molecule has 1 aromatic heterocycles. The molecule has 2 rings (SSSR count). The summed E-state index contributed by atoms with van der Waals surface area (Å²) in [6.07, 6.45) is -3.18. The Balaban J connectivity index is 1.96. The predicted octanol–water partition coefficient (Wildman–Crippen LogP) is 4.26. The van der Waals surface area contributed by atoms with Gasteiger partial charge in [0, 0.05) is 21.7 Å². The van der Waals surface area contributed by atoms with Crippen LogP contribution in [0.15, 0.2) is 35.4 Å². The minimum absolute atomic E-state index is 0.449. The second kappa shape index (κ2) is 6.15. The first-order valence-corrected chi connectivity index (χ1v) is 7.64. The topological polar surface area (TPSA) is 38.9 Å². The van der Waals surface area contributed by atoms with Crippen molar-refractivity contribution in [1.29, 1.82) is 0 Å². The predicted molar refractivity (Wildman–Crippen MR) is 75.9 cm³/mol. The lowest BCUT2D eigenvalue weighted by atomic mass is 10.2. The molecule has 108 valence electrons. The second-order valence-electron chi connectivity index (χ2n) is 4.30. The number of thiazole rings is 1. The first-order valence-electron chi connectivity index (χ1n) is 5.84. The summed E-state index contributed by atoms with van der Waals surface area (Å²) in [6, 6.07) is 7.47. The second-order valence-corrected chi connectivity index (χ2v) is 6.45. The summed E-state index contributed by atoms with van der Waals surface area (Å²) in [6.45, 7) is 2.00. The average molecular weight is 318 g/mol. The molecule has 1 unspecified atom stereocenters. The molecule has 0 aliphatic carbocycles. The zero-order valence-electron chi connectivity index (χ0n) is 10.6. The molecule has 2 N–H and O–H groups in total. The van der Waals surface area contributed by atoms with Gasteiger partial charge in [0.2, 0.25) is 0 Å². The van der Waals surface area contributed by atoms with Crippen molar-refractivity contribution >= 4 is 23.1 Å².